The fourth-order valence-corrected chi connectivity index (χ4v) is 3.03. The molecule has 0 unspecified atom stereocenters. The number of hydrogen-bond acceptors (Lipinski definition) is 3. The van der Waals surface area contributed by atoms with E-state index < -0.39 is 0 Å². The van der Waals surface area contributed by atoms with Crippen molar-refractivity contribution in [1.29, 1.82) is 0 Å². The Bertz CT molecular complexity index is 1100. The number of furan rings is 1. The Morgan fingerprint density at radius 1 is 1.13 bits per heavy atom. The van der Waals surface area contributed by atoms with E-state index in [0.29, 0.717) is 27.7 Å². The summed E-state index contributed by atoms with van der Waals surface area (Å²) in [5, 5.41) is 1.89. The number of hydrogen-bond donors (Lipinski definition) is 0. The molecule has 23 heavy (non-hydrogen) atoms. The minimum absolute atomic E-state index is 0.239. The lowest BCUT2D eigenvalue weighted by atomic mass is 10.2. The van der Waals surface area contributed by atoms with Gasteiger partial charge in [0.2, 0.25) is 5.58 Å². The molecular formula is C17H10Cl2N2O2. The summed E-state index contributed by atoms with van der Waals surface area (Å²) in [5.41, 5.74) is 2.02. The summed E-state index contributed by atoms with van der Waals surface area (Å²) in [6, 6.07) is 12.6. The third-order valence-corrected chi connectivity index (χ3v) is 4.29. The van der Waals surface area contributed by atoms with Crippen LogP contribution in [0.25, 0.3) is 22.1 Å². The Morgan fingerprint density at radius 3 is 2.78 bits per heavy atom. The number of halogens is 2. The minimum Gasteiger partial charge on any atom is -0.448 e. The lowest BCUT2D eigenvalue weighted by Crippen LogP contribution is -2.20. The van der Waals surface area contributed by atoms with Crippen LogP contribution in [0, 0.1) is 0 Å². The van der Waals surface area contributed by atoms with E-state index in [1.165, 1.54) is 10.9 Å². The van der Waals surface area contributed by atoms with E-state index in [4.69, 9.17) is 27.6 Å². The van der Waals surface area contributed by atoms with Gasteiger partial charge in [-0.15, -0.1) is 0 Å². The highest BCUT2D eigenvalue weighted by Crippen LogP contribution is 2.25. The van der Waals surface area contributed by atoms with Crippen LogP contribution < -0.4 is 5.56 Å². The Morgan fingerprint density at radius 2 is 1.96 bits per heavy atom. The normalized spacial score (nSPS) is 11.4. The van der Waals surface area contributed by atoms with Gasteiger partial charge in [0.05, 0.1) is 12.9 Å². The highest BCUT2D eigenvalue weighted by atomic mass is 35.5. The summed E-state index contributed by atoms with van der Waals surface area (Å²) in [5.74, 6) is 0. The molecule has 2 heterocycles. The molecule has 0 radical (unpaired) electrons. The number of nitrogens with zero attached hydrogens (tertiary/aromatic N) is 2. The second-order valence-electron chi connectivity index (χ2n) is 5.19. The van der Waals surface area contributed by atoms with E-state index in [-0.39, 0.29) is 11.1 Å². The van der Waals surface area contributed by atoms with Crippen LogP contribution in [-0.4, -0.2) is 9.55 Å². The van der Waals surface area contributed by atoms with Crippen molar-refractivity contribution in [1.82, 2.24) is 9.55 Å². The molecule has 0 N–H and O–H groups in total. The van der Waals surface area contributed by atoms with Gasteiger partial charge in [0, 0.05) is 15.4 Å². The maximum Gasteiger partial charge on any atom is 0.297 e. The summed E-state index contributed by atoms with van der Waals surface area (Å²) < 4.78 is 7.13. The number of rotatable bonds is 2. The molecule has 114 valence electrons. The quantitative estimate of drug-likeness (QED) is 0.538. The van der Waals surface area contributed by atoms with Crippen LogP contribution in [0.2, 0.25) is 10.0 Å². The van der Waals surface area contributed by atoms with E-state index in [2.05, 4.69) is 4.98 Å². The summed E-state index contributed by atoms with van der Waals surface area (Å²) in [7, 11) is 0. The lowest BCUT2D eigenvalue weighted by Gasteiger charge is -2.07. The van der Waals surface area contributed by atoms with Crippen molar-refractivity contribution in [2.45, 2.75) is 6.54 Å². The molecule has 6 heteroatoms. The van der Waals surface area contributed by atoms with E-state index >= 15 is 0 Å². The first-order valence-corrected chi connectivity index (χ1v) is 7.70. The number of para-hydroxylation sites is 1. The lowest BCUT2D eigenvalue weighted by molar-refractivity contribution is 0.642. The van der Waals surface area contributed by atoms with Crippen LogP contribution in [0.5, 0.6) is 0 Å². The standard InChI is InChI=1S/C17H10Cl2N2O2/c18-11-6-5-10(13(19)7-11)8-21-9-20-15-12-3-1-2-4-14(12)23-16(15)17(21)22/h1-7,9H,8H2. The van der Waals surface area contributed by atoms with Crippen molar-refractivity contribution in [3.8, 4) is 0 Å². The highest BCUT2D eigenvalue weighted by molar-refractivity contribution is 6.35. The van der Waals surface area contributed by atoms with Gasteiger partial charge in [0.1, 0.15) is 11.1 Å². The molecule has 0 aliphatic heterocycles. The number of fused-ring (bicyclic) bond motifs is 3. The Labute approximate surface area is 140 Å². The third kappa shape index (κ3) is 2.40. The molecule has 4 rings (SSSR count). The van der Waals surface area contributed by atoms with Crippen LogP contribution in [0.3, 0.4) is 0 Å². The fourth-order valence-electron chi connectivity index (χ4n) is 2.56. The topological polar surface area (TPSA) is 48.0 Å². The predicted molar refractivity (Wildman–Crippen MR) is 91.3 cm³/mol. The monoisotopic (exact) mass is 344 g/mol. The maximum absolute atomic E-state index is 12.6. The predicted octanol–water partition coefficient (Wildman–Crippen LogP) is 4.50. The van der Waals surface area contributed by atoms with Crippen LogP contribution >= 0.6 is 23.2 Å². The fraction of sp³-hybridized carbons (Fsp3) is 0.0588. The Hall–Kier alpha value is -2.30. The summed E-state index contributed by atoms with van der Waals surface area (Å²) in [6.45, 7) is 0.300. The van der Waals surface area contributed by atoms with Crippen molar-refractivity contribution in [3.05, 3.63) is 74.8 Å². The minimum atomic E-state index is -0.239. The molecule has 0 aliphatic rings. The molecule has 0 fully saturated rings. The molecule has 0 spiro atoms. The highest BCUT2D eigenvalue weighted by Gasteiger charge is 2.13. The molecular weight excluding hydrogens is 335 g/mol. The van der Waals surface area contributed by atoms with E-state index in [1.54, 1.807) is 18.2 Å². The third-order valence-electron chi connectivity index (χ3n) is 3.71. The molecule has 4 nitrogen and oxygen atoms in total. The average molecular weight is 345 g/mol. The Kier molecular flexibility index (Phi) is 3.36. The van der Waals surface area contributed by atoms with Crippen molar-refractivity contribution in [2.24, 2.45) is 0 Å². The van der Waals surface area contributed by atoms with Gasteiger partial charge in [-0.05, 0) is 29.8 Å². The molecule has 2 aromatic carbocycles. The average Bonchev–Trinajstić information content (AvgIpc) is 2.92. The van der Waals surface area contributed by atoms with Gasteiger partial charge in [-0.1, -0.05) is 41.4 Å². The van der Waals surface area contributed by atoms with Crippen molar-refractivity contribution in [3.63, 3.8) is 0 Å². The van der Waals surface area contributed by atoms with Gasteiger partial charge in [-0.2, -0.15) is 0 Å². The molecule has 0 saturated carbocycles. The van der Waals surface area contributed by atoms with Crippen LogP contribution in [0.1, 0.15) is 5.56 Å². The molecule has 4 aromatic rings. The second kappa shape index (κ2) is 5.41. The first-order valence-electron chi connectivity index (χ1n) is 6.94. The first-order chi connectivity index (χ1) is 11.1. The summed E-state index contributed by atoms with van der Waals surface area (Å²) in [6.07, 6.45) is 1.51. The van der Waals surface area contributed by atoms with Gasteiger partial charge in [0.15, 0.2) is 0 Å². The van der Waals surface area contributed by atoms with E-state index in [1.807, 2.05) is 24.3 Å². The zero-order valence-corrected chi connectivity index (χ0v) is 13.3. The van der Waals surface area contributed by atoms with Crippen LogP contribution in [0.4, 0.5) is 0 Å². The zero-order valence-electron chi connectivity index (χ0n) is 11.8. The van der Waals surface area contributed by atoms with Crippen molar-refractivity contribution in [2.75, 3.05) is 0 Å². The number of benzene rings is 2. The van der Waals surface area contributed by atoms with Gasteiger partial charge in [-0.25, -0.2) is 4.98 Å². The van der Waals surface area contributed by atoms with Crippen LogP contribution in [0.15, 0.2) is 58.0 Å². The van der Waals surface area contributed by atoms with Gasteiger partial charge < -0.3 is 4.42 Å². The van der Waals surface area contributed by atoms with E-state index in [9.17, 15) is 4.79 Å². The SMILES string of the molecule is O=c1c2oc3ccccc3c2ncn1Cc1ccc(Cl)cc1Cl. The summed E-state index contributed by atoms with van der Waals surface area (Å²) >= 11 is 12.1. The Balaban J connectivity index is 1.86. The van der Waals surface area contributed by atoms with Crippen molar-refractivity contribution < 1.29 is 4.42 Å². The maximum atomic E-state index is 12.6. The van der Waals surface area contributed by atoms with Crippen molar-refractivity contribution >= 4 is 45.3 Å². The van der Waals surface area contributed by atoms with Crippen LogP contribution in [-0.2, 0) is 6.54 Å². The smallest absolute Gasteiger partial charge is 0.297 e. The largest absolute Gasteiger partial charge is 0.448 e. The molecule has 0 atom stereocenters. The molecule has 0 saturated heterocycles. The first kappa shape index (κ1) is 14.3. The summed E-state index contributed by atoms with van der Waals surface area (Å²) in [4.78, 5) is 17.0. The van der Waals surface area contributed by atoms with Gasteiger partial charge in [0.25, 0.3) is 5.56 Å². The van der Waals surface area contributed by atoms with Gasteiger partial charge in [-0.3, -0.25) is 9.36 Å². The second-order valence-corrected chi connectivity index (χ2v) is 6.03. The molecule has 2 aromatic heterocycles. The molecule has 0 amide bonds. The molecule has 0 bridgehead atoms. The number of aromatic nitrogens is 2. The molecule has 0 aliphatic carbocycles. The van der Waals surface area contributed by atoms with E-state index in [0.717, 1.165) is 10.9 Å². The van der Waals surface area contributed by atoms with Gasteiger partial charge >= 0.3 is 0 Å². The zero-order chi connectivity index (χ0) is 16.0.